The van der Waals surface area contributed by atoms with Crippen LogP contribution in [0.4, 0.5) is 0 Å². The fourth-order valence-corrected chi connectivity index (χ4v) is 3.27. The third-order valence-corrected chi connectivity index (χ3v) is 5.16. The lowest BCUT2D eigenvalue weighted by Gasteiger charge is -2.13. The van der Waals surface area contributed by atoms with Gasteiger partial charge in [-0.1, -0.05) is 32.0 Å². The summed E-state index contributed by atoms with van der Waals surface area (Å²) < 4.78 is 6.91. The zero-order chi connectivity index (χ0) is 20.7. The van der Waals surface area contributed by atoms with Gasteiger partial charge in [-0.15, -0.1) is 0 Å². The second-order valence-corrected chi connectivity index (χ2v) is 8.19. The van der Waals surface area contributed by atoms with Gasteiger partial charge in [-0.25, -0.2) is 0 Å². The van der Waals surface area contributed by atoms with Gasteiger partial charge in [0.15, 0.2) is 11.7 Å². The van der Waals surface area contributed by atoms with Crippen LogP contribution in [0.25, 0.3) is 0 Å². The Bertz CT molecular complexity index is 890. The van der Waals surface area contributed by atoms with Crippen LogP contribution >= 0.6 is 44.1 Å². The number of hydrogen-bond donors (Lipinski definition) is 3. The van der Waals surface area contributed by atoms with Crippen molar-refractivity contribution in [3.63, 3.8) is 0 Å². The molecule has 0 radical (unpaired) electrons. The molecule has 0 aliphatic heterocycles. The highest BCUT2D eigenvalue weighted by atomic mass is 79.9. The van der Waals surface area contributed by atoms with Gasteiger partial charge in [0.1, 0.15) is 5.75 Å². The van der Waals surface area contributed by atoms with Crippen molar-refractivity contribution in [2.75, 3.05) is 6.61 Å². The summed E-state index contributed by atoms with van der Waals surface area (Å²) >= 11 is 11.7. The average Bonchev–Trinajstić information content (AvgIpc) is 2.65. The highest BCUT2D eigenvalue weighted by Gasteiger charge is 2.12. The maximum absolute atomic E-state index is 12.1. The van der Waals surface area contributed by atoms with Crippen molar-refractivity contribution in [2.24, 2.45) is 0 Å². The van der Waals surface area contributed by atoms with Crippen molar-refractivity contribution in [3.05, 3.63) is 62.5 Å². The Kier molecular flexibility index (Phi) is 8.40. The lowest BCUT2D eigenvalue weighted by molar-refractivity contribution is -0.123. The van der Waals surface area contributed by atoms with Crippen LogP contribution in [-0.2, 0) is 4.79 Å². The fraction of sp³-hybridized carbons (Fsp3) is 0.211. The molecule has 0 saturated carbocycles. The van der Waals surface area contributed by atoms with Crippen molar-refractivity contribution >= 4 is 61.0 Å². The average molecular weight is 529 g/mol. The van der Waals surface area contributed by atoms with E-state index in [0.717, 1.165) is 10.0 Å². The van der Waals surface area contributed by atoms with E-state index < -0.39 is 11.8 Å². The molecule has 9 heteroatoms. The molecule has 0 aromatic heterocycles. The van der Waals surface area contributed by atoms with Gasteiger partial charge in [-0.05, 0) is 79.8 Å². The Hall–Kier alpha value is -1.97. The maximum Gasteiger partial charge on any atom is 0.276 e. The summed E-state index contributed by atoms with van der Waals surface area (Å²) in [4.78, 5) is 24.1. The van der Waals surface area contributed by atoms with Gasteiger partial charge in [-0.3, -0.25) is 25.8 Å². The number of benzene rings is 2. The third kappa shape index (κ3) is 6.57. The Morgan fingerprint density at radius 3 is 2.43 bits per heavy atom. The van der Waals surface area contributed by atoms with Crippen molar-refractivity contribution in [2.45, 2.75) is 19.8 Å². The molecular formula is C19H19Br2N3O3S. The van der Waals surface area contributed by atoms with Crippen LogP contribution in [0, 0.1) is 0 Å². The van der Waals surface area contributed by atoms with E-state index in [1.807, 2.05) is 18.2 Å². The predicted molar refractivity (Wildman–Crippen MR) is 119 cm³/mol. The molecule has 0 aliphatic carbocycles. The van der Waals surface area contributed by atoms with Gasteiger partial charge < -0.3 is 4.74 Å². The minimum Gasteiger partial charge on any atom is -0.483 e. The van der Waals surface area contributed by atoms with Crippen LogP contribution in [-0.4, -0.2) is 23.5 Å². The molecule has 2 rings (SSSR count). The van der Waals surface area contributed by atoms with Crippen LogP contribution in [0.3, 0.4) is 0 Å². The number of halogens is 2. The number of nitrogens with one attached hydrogen (secondary N) is 3. The molecule has 0 aliphatic rings. The van der Waals surface area contributed by atoms with E-state index in [2.05, 4.69) is 61.9 Å². The molecule has 0 fully saturated rings. The number of ether oxygens (including phenoxy) is 1. The van der Waals surface area contributed by atoms with Crippen molar-refractivity contribution in [1.82, 2.24) is 16.2 Å². The SMILES string of the molecule is CC(C)c1ccc(OCC(=O)NNC(=S)NC(=O)c2ccccc2Br)c(Br)c1. The first-order valence-corrected chi connectivity index (χ1v) is 10.3. The summed E-state index contributed by atoms with van der Waals surface area (Å²) in [5, 5.41) is 2.45. The first-order valence-electron chi connectivity index (χ1n) is 8.35. The molecular weight excluding hydrogens is 510 g/mol. The second-order valence-electron chi connectivity index (χ2n) is 6.07. The molecule has 6 nitrogen and oxygen atoms in total. The summed E-state index contributed by atoms with van der Waals surface area (Å²) in [5.41, 5.74) is 6.44. The first-order chi connectivity index (χ1) is 13.3. The van der Waals surface area contributed by atoms with Gasteiger partial charge in [0, 0.05) is 4.47 Å². The van der Waals surface area contributed by atoms with Gasteiger partial charge in [-0.2, -0.15) is 0 Å². The Morgan fingerprint density at radius 2 is 1.79 bits per heavy atom. The monoisotopic (exact) mass is 527 g/mol. The zero-order valence-corrected chi connectivity index (χ0v) is 19.2. The highest BCUT2D eigenvalue weighted by Crippen LogP contribution is 2.28. The normalized spacial score (nSPS) is 10.3. The summed E-state index contributed by atoms with van der Waals surface area (Å²) in [6, 6.07) is 12.7. The second kappa shape index (κ2) is 10.5. The molecule has 3 N–H and O–H groups in total. The molecule has 0 bridgehead atoms. The molecule has 0 unspecified atom stereocenters. The first kappa shape index (κ1) is 22.3. The van der Waals surface area contributed by atoms with E-state index in [-0.39, 0.29) is 11.7 Å². The van der Waals surface area contributed by atoms with E-state index in [9.17, 15) is 9.59 Å². The van der Waals surface area contributed by atoms with Gasteiger partial charge in [0.25, 0.3) is 11.8 Å². The predicted octanol–water partition coefficient (Wildman–Crippen LogP) is 4.05. The zero-order valence-electron chi connectivity index (χ0n) is 15.2. The van der Waals surface area contributed by atoms with E-state index in [1.54, 1.807) is 24.3 Å². The van der Waals surface area contributed by atoms with Crippen molar-refractivity contribution in [1.29, 1.82) is 0 Å². The lowest BCUT2D eigenvalue weighted by atomic mass is 10.0. The van der Waals surface area contributed by atoms with E-state index in [0.29, 0.717) is 21.7 Å². The number of carbonyl (C=O) groups excluding carboxylic acids is 2. The number of hydrogen-bond acceptors (Lipinski definition) is 4. The fourth-order valence-electron chi connectivity index (χ4n) is 2.15. The lowest BCUT2D eigenvalue weighted by Crippen LogP contribution is -2.49. The topological polar surface area (TPSA) is 79.5 Å². The van der Waals surface area contributed by atoms with E-state index in [1.165, 1.54) is 0 Å². The van der Waals surface area contributed by atoms with Crippen LogP contribution in [0.15, 0.2) is 51.4 Å². The number of rotatable bonds is 5. The van der Waals surface area contributed by atoms with Gasteiger partial charge in [0.05, 0.1) is 10.0 Å². The van der Waals surface area contributed by atoms with E-state index >= 15 is 0 Å². The Balaban J connectivity index is 1.78. The number of hydrazine groups is 1. The van der Waals surface area contributed by atoms with E-state index in [4.69, 9.17) is 17.0 Å². The molecule has 148 valence electrons. The quantitative estimate of drug-likeness (QED) is 0.403. The summed E-state index contributed by atoms with van der Waals surface area (Å²) in [6.45, 7) is 3.98. The van der Waals surface area contributed by atoms with Gasteiger partial charge in [0.2, 0.25) is 0 Å². The summed E-state index contributed by atoms with van der Waals surface area (Å²) in [7, 11) is 0. The molecule has 2 amide bonds. The molecule has 0 saturated heterocycles. The smallest absolute Gasteiger partial charge is 0.276 e. The molecule has 0 atom stereocenters. The molecule has 28 heavy (non-hydrogen) atoms. The number of thiocarbonyl (C=S) groups is 1. The Morgan fingerprint density at radius 1 is 1.07 bits per heavy atom. The largest absolute Gasteiger partial charge is 0.483 e. The van der Waals surface area contributed by atoms with Crippen LogP contribution in [0.2, 0.25) is 0 Å². The third-order valence-electron chi connectivity index (χ3n) is 3.64. The number of carbonyl (C=O) groups is 2. The molecule has 2 aromatic carbocycles. The standard InChI is InChI=1S/C19H19Br2N3O3S/c1-11(2)12-7-8-16(15(21)9-12)27-10-17(25)23-24-19(28)22-18(26)13-5-3-4-6-14(13)20/h3-9,11H,10H2,1-2H3,(H,23,25)(H2,22,24,26,28). The number of amides is 2. The maximum atomic E-state index is 12.1. The van der Waals surface area contributed by atoms with Crippen LogP contribution < -0.4 is 20.9 Å². The highest BCUT2D eigenvalue weighted by molar-refractivity contribution is 9.10. The molecule has 0 heterocycles. The van der Waals surface area contributed by atoms with Crippen LogP contribution in [0.1, 0.15) is 35.7 Å². The van der Waals surface area contributed by atoms with Crippen LogP contribution in [0.5, 0.6) is 5.75 Å². The summed E-state index contributed by atoms with van der Waals surface area (Å²) in [5.74, 6) is 0.108. The molecule has 2 aromatic rings. The van der Waals surface area contributed by atoms with Crippen molar-refractivity contribution in [3.8, 4) is 5.75 Å². The Labute approximate surface area is 185 Å². The minimum atomic E-state index is -0.447. The van der Waals surface area contributed by atoms with Crippen molar-refractivity contribution < 1.29 is 14.3 Å². The molecule has 0 spiro atoms. The summed E-state index contributed by atoms with van der Waals surface area (Å²) in [6.07, 6.45) is 0. The van der Waals surface area contributed by atoms with Gasteiger partial charge >= 0.3 is 0 Å². The minimum absolute atomic E-state index is 0.0310.